The number of halogens is 2. The van der Waals surface area contributed by atoms with Crippen molar-refractivity contribution >= 4 is 28.8 Å². The van der Waals surface area contributed by atoms with E-state index in [4.69, 9.17) is 11.6 Å². The first kappa shape index (κ1) is 13.6. The van der Waals surface area contributed by atoms with Gasteiger partial charge in [0.25, 0.3) is 5.91 Å². The smallest absolute Gasteiger partial charge is 0.255 e. The van der Waals surface area contributed by atoms with Gasteiger partial charge in [-0.2, -0.15) is 0 Å². The Hall–Kier alpha value is -1.39. The Kier molecular flexibility index (Phi) is 3.76. The number of rotatable bonds is 2. The molecule has 0 N–H and O–H groups in total. The van der Waals surface area contributed by atoms with Gasteiger partial charge in [-0.05, 0) is 36.1 Å². The van der Waals surface area contributed by atoms with Gasteiger partial charge in [-0.25, -0.2) is 4.39 Å². The van der Waals surface area contributed by atoms with E-state index in [0.29, 0.717) is 18.0 Å². The van der Waals surface area contributed by atoms with Crippen molar-refractivity contribution < 1.29 is 9.18 Å². The van der Waals surface area contributed by atoms with Crippen LogP contribution < -0.4 is 0 Å². The van der Waals surface area contributed by atoms with Crippen LogP contribution in [0.2, 0.25) is 5.02 Å². The molecule has 0 unspecified atom stereocenters. The molecule has 0 saturated carbocycles. The molecule has 0 bridgehead atoms. The minimum absolute atomic E-state index is 0.117. The molecule has 2 aromatic rings. The van der Waals surface area contributed by atoms with Crippen LogP contribution in [0.3, 0.4) is 0 Å². The summed E-state index contributed by atoms with van der Waals surface area (Å²) in [5.41, 5.74) is 0.375. The average molecular weight is 310 g/mol. The second kappa shape index (κ2) is 5.54. The highest BCUT2D eigenvalue weighted by atomic mass is 35.5. The van der Waals surface area contributed by atoms with E-state index in [1.54, 1.807) is 16.2 Å². The Morgan fingerprint density at radius 3 is 2.95 bits per heavy atom. The minimum atomic E-state index is -0.426. The Bertz CT molecular complexity index is 629. The molecule has 1 aliphatic heterocycles. The molecule has 20 heavy (non-hydrogen) atoms. The maximum atomic E-state index is 13.0. The summed E-state index contributed by atoms with van der Waals surface area (Å²) in [6.07, 6.45) is 0.963. The van der Waals surface area contributed by atoms with Crippen molar-refractivity contribution in [1.29, 1.82) is 0 Å². The lowest BCUT2D eigenvalue weighted by Gasteiger charge is -2.17. The fourth-order valence-corrected chi connectivity index (χ4v) is 3.64. The number of nitrogens with zero attached hydrogens (tertiary/aromatic N) is 1. The van der Waals surface area contributed by atoms with Gasteiger partial charge in [0, 0.05) is 23.9 Å². The fourth-order valence-electron chi connectivity index (χ4n) is 2.53. The minimum Gasteiger partial charge on any atom is -0.338 e. The van der Waals surface area contributed by atoms with Gasteiger partial charge in [-0.15, -0.1) is 11.3 Å². The molecule has 2 heterocycles. The Morgan fingerprint density at radius 2 is 2.25 bits per heavy atom. The summed E-state index contributed by atoms with van der Waals surface area (Å²) in [5, 5.41) is 2.23. The van der Waals surface area contributed by atoms with Crippen LogP contribution in [-0.2, 0) is 0 Å². The van der Waals surface area contributed by atoms with Gasteiger partial charge in [-0.1, -0.05) is 17.7 Å². The molecule has 0 aliphatic carbocycles. The van der Waals surface area contributed by atoms with Crippen LogP contribution in [0, 0.1) is 5.82 Å². The maximum Gasteiger partial charge on any atom is 0.255 e. The fraction of sp³-hybridized carbons (Fsp3) is 0.267. The lowest BCUT2D eigenvalue weighted by atomic mass is 10.1. The predicted molar refractivity (Wildman–Crippen MR) is 79.0 cm³/mol. The van der Waals surface area contributed by atoms with Crippen molar-refractivity contribution in [3.63, 3.8) is 0 Å². The predicted octanol–water partition coefficient (Wildman–Crippen LogP) is 4.17. The lowest BCUT2D eigenvalue weighted by molar-refractivity contribution is 0.0791. The van der Waals surface area contributed by atoms with Crippen molar-refractivity contribution in [3.05, 3.63) is 57.0 Å². The van der Waals surface area contributed by atoms with Gasteiger partial charge < -0.3 is 4.90 Å². The Morgan fingerprint density at radius 1 is 1.40 bits per heavy atom. The zero-order chi connectivity index (χ0) is 14.1. The summed E-state index contributed by atoms with van der Waals surface area (Å²) in [4.78, 5) is 15.5. The molecule has 1 amide bonds. The van der Waals surface area contributed by atoms with Gasteiger partial charge in [0.1, 0.15) is 5.82 Å². The summed E-state index contributed by atoms with van der Waals surface area (Å²) < 4.78 is 13.0. The summed E-state index contributed by atoms with van der Waals surface area (Å²) in [6.45, 7) is 1.42. The van der Waals surface area contributed by atoms with Crippen molar-refractivity contribution in [1.82, 2.24) is 4.90 Å². The third-order valence-corrected chi connectivity index (χ3v) is 4.93. The summed E-state index contributed by atoms with van der Waals surface area (Å²) in [6, 6.07) is 8.04. The normalized spacial score (nSPS) is 18.5. The van der Waals surface area contributed by atoms with Crippen LogP contribution in [0.4, 0.5) is 4.39 Å². The first-order valence-electron chi connectivity index (χ1n) is 6.43. The van der Waals surface area contributed by atoms with Crippen molar-refractivity contribution in [2.75, 3.05) is 13.1 Å². The number of hydrogen-bond donors (Lipinski definition) is 0. The Labute approximate surface area is 125 Å². The molecular weight excluding hydrogens is 297 g/mol. The second-order valence-electron chi connectivity index (χ2n) is 4.88. The maximum absolute atomic E-state index is 13.0. The SMILES string of the molecule is O=C(c1ccc(F)cc1Cl)N1CC[C@H](c2cccs2)C1. The molecule has 1 atom stereocenters. The molecule has 0 radical (unpaired) electrons. The number of benzene rings is 1. The van der Waals surface area contributed by atoms with E-state index < -0.39 is 5.82 Å². The van der Waals surface area contributed by atoms with Crippen LogP contribution >= 0.6 is 22.9 Å². The number of carbonyl (C=O) groups excluding carboxylic acids is 1. The first-order chi connectivity index (χ1) is 9.65. The van der Waals surface area contributed by atoms with Gasteiger partial charge in [0.2, 0.25) is 0 Å². The van der Waals surface area contributed by atoms with Crippen LogP contribution in [0.15, 0.2) is 35.7 Å². The second-order valence-corrected chi connectivity index (χ2v) is 6.26. The highest BCUT2D eigenvalue weighted by molar-refractivity contribution is 7.10. The van der Waals surface area contributed by atoms with Gasteiger partial charge in [0.05, 0.1) is 10.6 Å². The number of amides is 1. The highest BCUT2D eigenvalue weighted by Crippen LogP contribution is 2.31. The van der Waals surface area contributed by atoms with E-state index >= 15 is 0 Å². The molecule has 1 saturated heterocycles. The largest absolute Gasteiger partial charge is 0.338 e. The molecule has 3 rings (SSSR count). The van der Waals surface area contributed by atoms with E-state index in [2.05, 4.69) is 11.4 Å². The van der Waals surface area contributed by atoms with E-state index in [1.807, 2.05) is 6.07 Å². The topological polar surface area (TPSA) is 20.3 Å². The third kappa shape index (κ3) is 2.58. The summed E-state index contributed by atoms with van der Waals surface area (Å²) >= 11 is 7.67. The summed E-state index contributed by atoms with van der Waals surface area (Å²) in [5.74, 6) is -0.142. The zero-order valence-corrected chi connectivity index (χ0v) is 12.3. The quantitative estimate of drug-likeness (QED) is 0.815. The molecule has 2 nitrogen and oxygen atoms in total. The van der Waals surface area contributed by atoms with Crippen LogP contribution in [-0.4, -0.2) is 23.9 Å². The third-order valence-electron chi connectivity index (χ3n) is 3.58. The van der Waals surface area contributed by atoms with Gasteiger partial charge in [0.15, 0.2) is 0 Å². The average Bonchev–Trinajstić information content (AvgIpc) is 3.09. The lowest BCUT2D eigenvalue weighted by Crippen LogP contribution is -2.28. The van der Waals surface area contributed by atoms with E-state index in [9.17, 15) is 9.18 Å². The van der Waals surface area contributed by atoms with Crippen LogP contribution in [0.1, 0.15) is 27.6 Å². The monoisotopic (exact) mass is 309 g/mol. The van der Waals surface area contributed by atoms with Crippen LogP contribution in [0.5, 0.6) is 0 Å². The molecule has 5 heteroatoms. The van der Waals surface area contributed by atoms with E-state index in [-0.39, 0.29) is 10.9 Å². The number of thiophene rings is 1. The molecule has 0 spiro atoms. The van der Waals surface area contributed by atoms with Crippen molar-refractivity contribution in [2.24, 2.45) is 0 Å². The van der Waals surface area contributed by atoms with Crippen LogP contribution in [0.25, 0.3) is 0 Å². The molecule has 1 fully saturated rings. The highest BCUT2D eigenvalue weighted by Gasteiger charge is 2.29. The summed E-state index contributed by atoms with van der Waals surface area (Å²) in [7, 11) is 0. The number of likely N-dealkylation sites (tertiary alicyclic amines) is 1. The van der Waals surface area contributed by atoms with E-state index in [1.165, 1.54) is 23.1 Å². The molecule has 1 aromatic heterocycles. The van der Waals surface area contributed by atoms with E-state index in [0.717, 1.165) is 13.0 Å². The van der Waals surface area contributed by atoms with Gasteiger partial charge >= 0.3 is 0 Å². The molecular formula is C15H13ClFNOS. The molecule has 1 aromatic carbocycles. The number of carbonyl (C=O) groups is 1. The Balaban J connectivity index is 1.76. The number of hydrogen-bond acceptors (Lipinski definition) is 2. The molecule has 1 aliphatic rings. The first-order valence-corrected chi connectivity index (χ1v) is 7.68. The standard InChI is InChI=1S/C15H13ClFNOS/c16-13-8-11(17)3-4-12(13)15(19)18-6-5-10(9-18)14-2-1-7-20-14/h1-4,7-8,10H,5-6,9H2/t10-/m0/s1. The van der Waals surface area contributed by atoms with Gasteiger partial charge in [-0.3, -0.25) is 4.79 Å². The van der Waals surface area contributed by atoms with Crippen molar-refractivity contribution in [2.45, 2.75) is 12.3 Å². The van der Waals surface area contributed by atoms with Crippen molar-refractivity contribution in [3.8, 4) is 0 Å². The molecule has 104 valence electrons. The zero-order valence-electron chi connectivity index (χ0n) is 10.7.